The summed E-state index contributed by atoms with van der Waals surface area (Å²) >= 11 is 6.16. The molecule has 8 heteroatoms. The summed E-state index contributed by atoms with van der Waals surface area (Å²) in [5.74, 6) is 1.82. The van der Waals surface area contributed by atoms with Crippen LogP contribution in [0.5, 0.6) is 11.5 Å². The van der Waals surface area contributed by atoms with Crippen LogP contribution in [-0.2, 0) is 6.61 Å². The van der Waals surface area contributed by atoms with Gasteiger partial charge in [0.05, 0.1) is 24.2 Å². The van der Waals surface area contributed by atoms with Gasteiger partial charge >= 0.3 is 0 Å². The highest BCUT2D eigenvalue weighted by molar-refractivity contribution is 6.31. The van der Waals surface area contributed by atoms with Crippen molar-refractivity contribution in [3.05, 3.63) is 124 Å². The number of aromatic nitrogens is 2. The molecular formula is C31H22ClN3O4. The van der Waals surface area contributed by atoms with E-state index in [1.807, 2.05) is 48.5 Å². The number of halogens is 1. The third kappa shape index (κ3) is 5.00. The van der Waals surface area contributed by atoms with E-state index in [0.717, 1.165) is 10.9 Å². The quantitative estimate of drug-likeness (QED) is 0.207. The molecule has 0 aliphatic heterocycles. The zero-order chi connectivity index (χ0) is 26.8. The van der Waals surface area contributed by atoms with Gasteiger partial charge in [0.25, 0.3) is 5.56 Å². The lowest BCUT2D eigenvalue weighted by Crippen LogP contribution is -2.20. The highest BCUT2D eigenvalue weighted by atomic mass is 35.5. The van der Waals surface area contributed by atoms with Crippen molar-refractivity contribution in [2.75, 3.05) is 7.11 Å². The summed E-state index contributed by atoms with van der Waals surface area (Å²) in [6.45, 7) is 0.412. The fourth-order valence-corrected chi connectivity index (χ4v) is 4.44. The van der Waals surface area contributed by atoms with Crippen LogP contribution in [0.15, 0.2) is 111 Å². The average molecular weight is 536 g/mol. The number of rotatable bonds is 7. The first-order valence-electron chi connectivity index (χ1n) is 12.2. The van der Waals surface area contributed by atoms with Crippen molar-refractivity contribution in [2.24, 2.45) is 5.10 Å². The van der Waals surface area contributed by atoms with Crippen molar-refractivity contribution >= 4 is 39.7 Å². The molecule has 0 aliphatic rings. The molecule has 0 atom stereocenters. The first-order chi connectivity index (χ1) is 19.1. The van der Waals surface area contributed by atoms with Gasteiger partial charge in [0, 0.05) is 10.4 Å². The molecule has 0 saturated carbocycles. The molecule has 192 valence electrons. The Labute approximate surface area is 228 Å². The molecule has 0 aliphatic carbocycles. The molecule has 2 heterocycles. The van der Waals surface area contributed by atoms with Gasteiger partial charge in [-0.1, -0.05) is 54.1 Å². The number of fused-ring (bicyclic) bond motifs is 2. The van der Waals surface area contributed by atoms with Crippen LogP contribution in [-0.4, -0.2) is 23.0 Å². The number of furan rings is 1. The first-order valence-corrected chi connectivity index (χ1v) is 12.6. The Kier molecular flexibility index (Phi) is 6.57. The Morgan fingerprint density at radius 1 is 0.949 bits per heavy atom. The Hall–Kier alpha value is -4.88. The molecule has 39 heavy (non-hydrogen) atoms. The fraction of sp³-hybridized carbons (Fsp3) is 0.0645. The largest absolute Gasteiger partial charge is 0.493 e. The van der Waals surface area contributed by atoms with Gasteiger partial charge in [-0.25, -0.2) is 4.98 Å². The third-order valence-corrected chi connectivity index (χ3v) is 6.43. The Balaban J connectivity index is 1.38. The van der Waals surface area contributed by atoms with E-state index >= 15 is 0 Å². The maximum absolute atomic E-state index is 13.5. The van der Waals surface area contributed by atoms with Crippen molar-refractivity contribution in [1.82, 2.24) is 9.66 Å². The van der Waals surface area contributed by atoms with Crippen LogP contribution in [0.1, 0.15) is 11.1 Å². The Morgan fingerprint density at radius 3 is 2.62 bits per heavy atom. The number of benzene rings is 4. The van der Waals surface area contributed by atoms with Crippen molar-refractivity contribution in [1.29, 1.82) is 0 Å². The van der Waals surface area contributed by atoms with Gasteiger partial charge in [-0.3, -0.25) is 4.79 Å². The fourth-order valence-electron chi connectivity index (χ4n) is 4.26. The topological polar surface area (TPSA) is 78.9 Å². The number of nitrogens with zero attached hydrogens (tertiary/aromatic N) is 3. The van der Waals surface area contributed by atoms with Gasteiger partial charge in [-0.2, -0.15) is 9.78 Å². The number of para-hydroxylation sites is 1. The monoisotopic (exact) mass is 535 g/mol. The van der Waals surface area contributed by atoms with E-state index in [0.29, 0.717) is 50.9 Å². The van der Waals surface area contributed by atoms with Gasteiger partial charge < -0.3 is 13.9 Å². The summed E-state index contributed by atoms with van der Waals surface area (Å²) < 4.78 is 18.8. The number of hydrogen-bond donors (Lipinski definition) is 0. The predicted molar refractivity (Wildman–Crippen MR) is 153 cm³/mol. The molecule has 0 N–H and O–H groups in total. The van der Waals surface area contributed by atoms with Crippen LogP contribution in [0.3, 0.4) is 0 Å². The summed E-state index contributed by atoms with van der Waals surface area (Å²) in [5.41, 5.74) is 2.61. The lowest BCUT2D eigenvalue weighted by molar-refractivity contribution is 0.284. The molecule has 7 nitrogen and oxygen atoms in total. The summed E-state index contributed by atoms with van der Waals surface area (Å²) in [6.07, 6.45) is 1.57. The van der Waals surface area contributed by atoms with Gasteiger partial charge in [-0.05, 0) is 65.7 Å². The van der Waals surface area contributed by atoms with E-state index in [4.69, 9.17) is 30.5 Å². The van der Waals surface area contributed by atoms with Crippen molar-refractivity contribution in [3.8, 4) is 23.1 Å². The predicted octanol–water partition coefficient (Wildman–Crippen LogP) is 6.93. The van der Waals surface area contributed by atoms with Crippen LogP contribution >= 0.6 is 11.6 Å². The minimum absolute atomic E-state index is 0.275. The van der Waals surface area contributed by atoms with E-state index in [2.05, 4.69) is 5.10 Å². The van der Waals surface area contributed by atoms with Crippen molar-refractivity contribution in [3.63, 3.8) is 0 Å². The Morgan fingerprint density at radius 2 is 1.77 bits per heavy atom. The van der Waals surface area contributed by atoms with Crippen molar-refractivity contribution in [2.45, 2.75) is 6.61 Å². The highest BCUT2D eigenvalue weighted by Gasteiger charge is 2.17. The smallest absolute Gasteiger partial charge is 0.282 e. The molecular weight excluding hydrogens is 514 g/mol. The van der Waals surface area contributed by atoms with Crippen LogP contribution < -0.4 is 15.0 Å². The third-order valence-electron chi connectivity index (χ3n) is 6.20. The average Bonchev–Trinajstić information content (AvgIpc) is 3.39. The normalized spacial score (nSPS) is 11.4. The molecule has 0 amide bonds. The van der Waals surface area contributed by atoms with Crippen LogP contribution in [0, 0.1) is 0 Å². The molecule has 0 bridgehead atoms. The minimum atomic E-state index is -0.319. The van der Waals surface area contributed by atoms with Crippen LogP contribution in [0.2, 0.25) is 5.02 Å². The van der Waals surface area contributed by atoms with Gasteiger partial charge in [0.15, 0.2) is 17.3 Å². The number of ether oxygens (including phenoxy) is 2. The summed E-state index contributed by atoms with van der Waals surface area (Å²) in [5, 5.41) is 6.35. The number of methoxy groups -OCH3 is 1. The van der Waals surface area contributed by atoms with Crippen molar-refractivity contribution < 1.29 is 13.9 Å². The molecule has 6 rings (SSSR count). The summed E-state index contributed by atoms with van der Waals surface area (Å²) in [7, 11) is 1.58. The highest BCUT2D eigenvalue weighted by Crippen LogP contribution is 2.30. The minimum Gasteiger partial charge on any atom is -0.493 e. The summed E-state index contributed by atoms with van der Waals surface area (Å²) in [6, 6.07) is 29.6. The molecule has 0 fully saturated rings. The lowest BCUT2D eigenvalue weighted by Gasteiger charge is -2.11. The maximum Gasteiger partial charge on any atom is 0.282 e. The maximum atomic E-state index is 13.5. The second-order valence-corrected chi connectivity index (χ2v) is 9.23. The molecule has 4 aromatic carbocycles. The van der Waals surface area contributed by atoms with E-state index in [-0.39, 0.29) is 11.4 Å². The van der Waals surface area contributed by atoms with E-state index in [1.165, 1.54) is 4.68 Å². The second-order valence-electron chi connectivity index (χ2n) is 8.79. The number of hydrogen-bond acceptors (Lipinski definition) is 6. The lowest BCUT2D eigenvalue weighted by atomic mass is 10.2. The van der Waals surface area contributed by atoms with Gasteiger partial charge in [0.2, 0.25) is 5.82 Å². The standard InChI is InChI=1S/C31H22ClN3O4/c1-37-28-15-21(11-13-27(28)38-19-20-7-3-2-4-8-20)18-33-35-30(34-25-10-6-5-9-24(25)31(35)36)29-17-22-16-23(32)12-14-26(22)39-29/h2-18H,19H2,1H3. The summed E-state index contributed by atoms with van der Waals surface area (Å²) in [4.78, 5) is 18.2. The van der Waals surface area contributed by atoms with E-state index < -0.39 is 0 Å². The molecule has 6 aromatic rings. The molecule has 0 radical (unpaired) electrons. The second kappa shape index (κ2) is 10.5. The van der Waals surface area contributed by atoms with Crippen LogP contribution in [0.4, 0.5) is 0 Å². The van der Waals surface area contributed by atoms with E-state index in [1.54, 1.807) is 61.9 Å². The van der Waals surface area contributed by atoms with Gasteiger partial charge in [0.1, 0.15) is 12.2 Å². The molecule has 0 saturated heterocycles. The molecule has 0 unspecified atom stereocenters. The first kappa shape index (κ1) is 24.5. The zero-order valence-corrected chi connectivity index (χ0v) is 21.6. The molecule has 0 spiro atoms. The van der Waals surface area contributed by atoms with Crippen LogP contribution in [0.25, 0.3) is 33.5 Å². The molecule has 2 aromatic heterocycles. The van der Waals surface area contributed by atoms with E-state index in [9.17, 15) is 4.79 Å². The van der Waals surface area contributed by atoms with Gasteiger partial charge in [-0.15, -0.1) is 0 Å². The Bertz CT molecular complexity index is 1890. The zero-order valence-electron chi connectivity index (χ0n) is 20.9. The SMILES string of the molecule is COc1cc(C=Nn2c(-c3cc4cc(Cl)ccc4o3)nc3ccccc3c2=O)ccc1OCc1ccccc1.